The van der Waals surface area contributed by atoms with Crippen molar-refractivity contribution in [2.45, 2.75) is 50.0 Å². The molecule has 1 fully saturated rings. The van der Waals surface area contributed by atoms with Crippen LogP contribution in [-0.2, 0) is 6.54 Å². The average molecular weight is 312 g/mol. The third-order valence-electron chi connectivity index (χ3n) is 3.45. The van der Waals surface area contributed by atoms with Gasteiger partial charge in [-0.05, 0) is 12.5 Å². The van der Waals surface area contributed by atoms with E-state index >= 15 is 0 Å². The first-order valence-electron chi connectivity index (χ1n) is 7.35. The van der Waals surface area contributed by atoms with Crippen LogP contribution in [0.3, 0.4) is 0 Å². The maximum atomic E-state index is 4.57. The van der Waals surface area contributed by atoms with Crippen LogP contribution in [0.25, 0.3) is 0 Å². The topological polar surface area (TPSA) is 37.8 Å². The lowest BCUT2D eigenvalue weighted by atomic mass is 10.2. The van der Waals surface area contributed by atoms with E-state index in [0.717, 1.165) is 29.9 Å². The van der Waals surface area contributed by atoms with E-state index in [9.17, 15) is 0 Å². The summed E-state index contributed by atoms with van der Waals surface area (Å²) in [6, 6.07) is 0. The van der Waals surface area contributed by atoms with Crippen LogP contribution < -0.4 is 5.32 Å². The highest BCUT2D eigenvalue weighted by Gasteiger charge is 2.28. The normalized spacial score (nSPS) is 26.9. The average Bonchev–Trinajstić information content (AvgIpc) is 2.42. The Morgan fingerprint density at radius 2 is 1.95 bits per heavy atom. The van der Waals surface area contributed by atoms with E-state index in [4.69, 9.17) is 0 Å². The molecule has 1 N–H and O–H groups in total. The summed E-state index contributed by atoms with van der Waals surface area (Å²) in [5.41, 5.74) is 1.17. The fourth-order valence-corrected chi connectivity index (χ4v) is 4.91. The van der Waals surface area contributed by atoms with Crippen molar-refractivity contribution in [3.8, 4) is 0 Å². The van der Waals surface area contributed by atoms with Crippen molar-refractivity contribution in [1.82, 2.24) is 15.3 Å². The van der Waals surface area contributed by atoms with Crippen LogP contribution in [0.5, 0.6) is 0 Å². The molecule has 0 saturated carbocycles. The zero-order valence-electron chi connectivity index (χ0n) is 12.8. The Balaban J connectivity index is 1.88. The van der Waals surface area contributed by atoms with Crippen molar-refractivity contribution in [1.29, 1.82) is 0 Å². The van der Waals surface area contributed by atoms with Crippen LogP contribution in [0.1, 0.15) is 44.3 Å². The number of aromatic nitrogens is 2. The molecule has 1 aliphatic rings. The van der Waals surface area contributed by atoms with E-state index in [0.29, 0.717) is 16.4 Å². The molecule has 1 aromatic heterocycles. The van der Waals surface area contributed by atoms with Gasteiger partial charge in [0.05, 0.1) is 5.25 Å². The molecule has 112 valence electrons. The summed E-state index contributed by atoms with van der Waals surface area (Å²) in [4.78, 5) is 9.15. The highest BCUT2D eigenvalue weighted by atomic mass is 32.2. The molecular weight excluding hydrogens is 286 g/mol. The summed E-state index contributed by atoms with van der Waals surface area (Å²) < 4.78 is 0. The van der Waals surface area contributed by atoms with Gasteiger partial charge in [0.2, 0.25) is 0 Å². The predicted octanol–water partition coefficient (Wildman–Crippen LogP) is 3.52. The van der Waals surface area contributed by atoms with Gasteiger partial charge in [0.15, 0.2) is 0 Å². The Morgan fingerprint density at radius 1 is 1.25 bits per heavy atom. The van der Waals surface area contributed by atoms with Gasteiger partial charge in [0.1, 0.15) is 5.82 Å². The molecule has 2 rings (SSSR count). The maximum absolute atomic E-state index is 4.57. The second-order valence-corrected chi connectivity index (χ2v) is 8.84. The zero-order chi connectivity index (χ0) is 14.5. The number of rotatable bonds is 5. The molecule has 20 heavy (non-hydrogen) atoms. The van der Waals surface area contributed by atoms with Gasteiger partial charge in [0, 0.05) is 40.8 Å². The summed E-state index contributed by atoms with van der Waals surface area (Å²) in [6.07, 6.45) is 3.95. The molecule has 1 saturated heterocycles. The minimum absolute atomic E-state index is 0.448. The van der Waals surface area contributed by atoms with Crippen LogP contribution >= 0.6 is 23.5 Å². The molecule has 0 radical (unpaired) electrons. The third kappa shape index (κ3) is 4.64. The lowest BCUT2D eigenvalue weighted by Crippen LogP contribution is -2.23. The van der Waals surface area contributed by atoms with E-state index in [2.05, 4.69) is 43.0 Å². The van der Waals surface area contributed by atoms with Gasteiger partial charge in [-0.2, -0.15) is 11.8 Å². The fraction of sp³-hybridized carbons (Fsp3) is 0.733. The smallest absolute Gasteiger partial charge is 0.142 e. The zero-order valence-corrected chi connectivity index (χ0v) is 14.4. The monoisotopic (exact) mass is 311 g/mol. The standard InChI is InChI=1S/C15H25N3S2/c1-10(2)5-16-6-13-7-17-15(18-8-13)14-9-19-11(3)12(4)20-14/h7-8,10-12,14,16H,5-6,9H2,1-4H3. The first-order valence-corrected chi connectivity index (χ1v) is 9.34. The molecule has 1 aliphatic heterocycles. The Kier molecular flexibility index (Phi) is 6.18. The Labute approximate surface area is 131 Å². The molecule has 3 nitrogen and oxygen atoms in total. The van der Waals surface area contributed by atoms with E-state index in [1.54, 1.807) is 0 Å². The summed E-state index contributed by atoms with van der Waals surface area (Å²) >= 11 is 4.05. The molecule has 1 aromatic rings. The molecule has 0 aliphatic carbocycles. The van der Waals surface area contributed by atoms with Crippen LogP contribution in [0.2, 0.25) is 0 Å². The Hall–Kier alpha value is -0.260. The van der Waals surface area contributed by atoms with Crippen LogP contribution in [-0.4, -0.2) is 32.8 Å². The van der Waals surface area contributed by atoms with Crippen molar-refractivity contribution in [2.24, 2.45) is 5.92 Å². The van der Waals surface area contributed by atoms with Crippen LogP contribution in [0, 0.1) is 5.92 Å². The third-order valence-corrected chi connectivity index (χ3v) is 6.83. The lowest BCUT2D eigenvalue weighted by molar-refractivity contribution is 0.551. The minimum Gasteiger partial charge on any atom is -0.312 e. The number of hydrogen-bond acceptors (Lipinski definition) is 5. The number of hydrogen-bond donors (Lipinski definition) is 1. The first-order chi connectivity index (χ1) is 9.56. The van der Waals surface area contributed by atoms with Gasteiger partial charge in [0.25, 0.3) is 0 Å². The summed E-state index contributed by atoms with van der Waals surface area (Å²) in [7, 11) is 0. The van der Waals surface area contributed by atoms with E-state index in [1.165, 1.54) is 5.56 Å². The lowest BCUT2D eigenvalue weighted by Gasteiger charge is -2.30. The molecule has 0 aromatic carbocycles. The highest BCUT2D eigenvalue weighted by molar-refractivity contribution is 8.07. The molecule has 0 amide bonds. The first kappa shape index (κ1) is 16.1. The summed E-state index contributed by atoms with van der Waals surface area (Å²) in [5, 5.41) is 5.28. The van der Waals surface area contributed by atoms with E-state index in [1.807, 2.05) is 35.9 Å². The Morgan fingerprint density at radius 3 is 2.55 bits per heavy atom. The quantitative estimate of drug-likeness (QED) is 0.900. The van der Waals surface area contributed by atoms with E-state index in [-0.39, 0.29) is 0 Å². The van der Waals surface area contributed by atoms with Gasteiger partial charge in [-0.1, -0.05) is 27.7 Å². The summed E-state index contributed by atoms with van der Waals surface area (Å²) in [5.74, 6) is 2.80. The van der Waals surface area contributed by atoms with Gasteiger partial charge >= 0.3 is 0 Å². The highest BCUT2D eigenvalue weighted by Crippen LogP contribution is 2.42. The second kappa shape index (κ2) is 7.66. The molecule has 0 bridgehead atoms. The number of nitrogens with one attached hydrogen (secondary N) is 1. The molecule has 3 atom stereocenters. The number of thioether (sulfide) groups is 2. The molecule has 3 unspecified atom stereocenters. The molecule has 2 heterocycles. The minimum atomic E-state index is 0.448. The van der Waals surface area contributed by atoms with Crippen molar-refractivity contribution in [3.05, 3.63) is 23.8 Å². The maximum Gasteiger partial charge on any atom is 0.142 e. The fourth-order valence-electron chi connectivity index (χ4n) is 2.05. The predicted molar refractivity (Wildman–Crippen MR) is 90.3 cm³/mol. The van der Waals surface area contributed by atoms with Crippen molar-refractivity contribution in [2.75, 3.05) is 12.3 Å². The van der Waals surface area contributed by atoms with Gasteiger partial charge in [-0.3, -0.25) is 0 Å². The van der Waals surface area contributed by atoms with Gasteiger partial charge in [-0.25, -0.2) is 9.97 Å². The second-order valence-electron chi connectivity index (χ2n) is 5.84. The molecule has 5 heteroatoms. The molecule has 0 spiro atoms. The van der Waals surface area contributed by atoms with Crippen molar-refractivity contribution in [3.63, 3.8) is 0 Å². The van der Waals surface area contributed by atoms with E-state index < -0.39 is 0 Å². The van der Waals surface area contributed by atoms with Crippen molar-refractivity contribution >= 4 is 23.5 Å². The number of nitrogens with zero attached hydrogens (tertiary/aromatic N) is 2. The van der Waals surface area contributed by atoms with Crippen LogP contribution in [0.15, 0.2) is 12.4 Å². The summed E-state index contributed by atoms with van der Waals surface area (Å²) in [6.45, 7) is 10.9. The SMILES string of the molecule is CC(C)CNCc1cnc(C2CSC(C)C(C)S2)nc1. The van der Waals surface area contributed by atoms with Crippen molar-refractivity contribution < 1.29 is 0 Å². The van der Waals surface area contributed by atoms with Gasteiger partial charge < -0.3 is 5.32 Å². The van der Waals surface area contributed by atoms with Crippen LogP contribution in [0.4, 0.5) is 0 Å². The Bertz CT molecular complexity index is 408. The van der Waals surface area contributed by atoms with Gasteiger partial charge in [-0.15, -0.1) is 11.8 Å². The molecular formula is C15H25N3S2. The largest absolute Gasteiger partial charge is 0.312 e.